The molecule has 5 atom stereocenters. The second-order valence-corrected chi connectivity index (χ2v) is 6.44. The third kappa shape index (κ3) is 2.63. The Balaban J connectivity index is 2.64. The summed E-state index contributed by atoms with van der Waals surface area (Å²) < 4.78 is 0. The molecule has 16 heavy (non-hydrogen) atoms. The van der Waals surface area contributed by atoms with Gasteiger partial charge in [0.05, 0.1) is 0 Å². The number of hydrogen-bond donors (Lipinski definition) is 0. The van der Waals surface area contributed by atoms with Gasteiger partial charge in [-0.3, -0.25) is 0 Å². The van der Waals surface area contributed by atoms with Crippen molar-refractivity contribution < 1.29 is 0 Å². The maximum atomic E-state index is 2.54. The summed E-state index contributed by atoms with van der Waals surface area (Å²) in [5.41, 5.74) is 0.679. The van der Waals surface area contributed by atoms with Crippen LogP contribution in [0, 0.1) is 29.1 Å². The summed E-state index contributed by atoms with van der Waals surface area (Å²) in [6.45, 7) is 14.6. The average molecular weight is 224 g/mol. The fourth-order valence-corrected chi connectivity index (χ4v) is 3.79. The molecule has 5 unspecified atom stereocenters. The van der Waals surface area contributed by atoms with Crippen molar-refractivity contribution in [1.29, 1.82) is 0 Å². The SMILES string of the molecule is CCCC(C(C)CC)C(C)C1(C)CC1CC. The van der Waals surface area contributed by atoms with E-state index < -0.39 is 0 Å². The Labute approximate surface area is 103 Å². The maximum Gasteiger partial charge on any atom is -0.0266 e. The Hall–Kier alpha value is 0. The van der Waals surface area contributed by atoms with Crippen molar-refractivity contribution in [3.8, 4) is 0 Å². The summed E-state index contributed by atoms with van der Waals surface area (Å²) in [5.74, 6) is 3.81. The van der Waals surface area contributed by atoms with Crippen LogP contribution in [0.4, 0.5) is 0 Å². The van der Waals surface area contributed by atoms with Crippen LogP contribution < -0.4 is 0 Å². The van der Waals surface area contributed by atoms with Gasteiger partial charge >= 0.3 is 0 Å². The van der Waals surface area contributed by atoms with Crippen molar-refractivity contribution in [3.63, 3.8) is 0 Å². The lowest BCUT2D eigenvalue weighted by molar-refractivity contribution is 0.153. The van der Waals surface area contributed by atoms with Crippen molar-refractivity contribution >= 4 is 0 Å². The molecule has 0 amide bonds. The highest BCUT2D eigenvalue weighted by Crippen LogP contribution is 2.62. The topological polar surface area (TPSA) is 0 Å². The first-order chi connectivity index (χ1) is 7.51. The highest BCUT2D eigenvalue weighted by molar-refractivity contribution is 5.03. The summed E-state index contributed by atoms with van der Waals surface area (Å²) in [6.07, 6.45) is 7.01. The third-order valence-electron chi connectivity index (χ3n) is 5.63. The normalized spacial score (nSPS) is 34.5. The Kier molecular flexibility index (Phi) is 4.88. The van der Waals surface area contributed by atoms with Gasteiger partial charge in [0.2, 0.25) is 0 Å². The highest BCUT2D eigenvalue weighted by atomic mass is 14.6. The van der Waals surface area contributed by atoms with Crippen LogP contribution in [0.2, 0.25) is 0 Å². The Bertz CT molecular complexity index is 208. The molecular weight excluding hydrogens is 192 g/mol. The van der Waals surface area contributed by atoms with E-state index in [0.29, 0.717) is 5.41 Å². The van der Waals surface area contributed by atoms with Crippen LogP contribution in [0.3, 0.4) is 0 Å². The standard InChI is InChI=1S/C16H32/c1-7-10-15(12(4)8-2)13(5)16(6)11-14(16)9-3/h12-15H,7-11H2,1-6H3. The van der Waals surface area contributed by atoms with Crippen LogP contribution in [0.15, 0.2) is 0 Å². The van der Waals surface area contributed by atoms with Gasteiger partial charge in [-0.25, -0.2) is 0 Å². The van der Waals surface area contributed by atoms with Gasteiger partial charge in [0.25, 0.3) is 0 Å². The molecule has 0 heteroatoms. The van der Waals surface area contributed by atoms with Gasteiger partial charge in [0.15, 0.2) is 0 Å². The molecule has 1 rings (SSSR count). The molecule has 0 nitrogen and oxygen atoms in total. The molecule has 0 aromatic carbocycles. The van der Waals surface area contributed by atoms with Crippen molar-refractivity contribution in [3.05, 3.63) is 0 Å². The molecular formula is C16H32. The first kappa shape index (κ1) is 14.1. The zero-order valence-electron chi connectivity index (χ0n) is 12.3. The molecule has 0 saturated heterocycles. The van der Waals surface area contributed by atoms with Crippen LogP contribution in [-0.4, -0.2) is 0 Å². The Morgan fingerprint density at radius 3 is 2.19 bits per heavy atom. The molecule has 1 aliphatic rings. The molecule has 0 aliphatic heterocycles. The zero-order chi connectivity index (χ0) is 12.3. The fourth-order valence-electron chi connectivity index (χ4n) is 3.79. The van der Waals surface area contributed by atoms with Gasteiger partial charge in [-0.2, -0.15) is 0 Å². The van der Waals surface area contributed by atoms with E-state index in [1.54, 1.807) is 0 Å². The second-order valence-electron chi connectivity index (χ2n) is 6.44. The lowest BCUT2D eigenvalue weighted by Gasteiger charge is -2.34. The first-order valence-electron chi connectivity index (χ1n) is 7.51. The molecule has 0 bridgehead atoms. The lowest BCUT2D eigenvalue weighted by atomic mass is 9.71. The molecule has 0 radical (unpaired) electrons. The molecule has 1 aliphatic carbocycles. The minimum atomic E-state index is 0.679. The minimum absolute atomic E-state index is 0.679. The number of rotatable bonds is 7. The summed E-state index contributed by atoms with van der Waals surface area (Å²) in [6, 6.07) is 0. The summed E-state index contributed by atoms with van der Waals surface area (Å²) in [7, 11) is 0. The largest absolute Gasteiger partial charge is 0.0654 e. The van der Waals surface area contributed by atoms with Gasteiger partial charge in [-0.1, -0.05) is 67.2 Å². The maximum absolute atomic E-state index is 2.54. The number of hydrogen-bond acceptors (Lipinski definition) is 0. The van der Waals surface area contributed by atoms with E-state index in [2.05, 4.69) is 41.5 Å². The predicted molar refractivity (Wildman–Crippen MR) is 73.5 cm³/mol. The molecule has 0 aromatic rings. The smallest absolute Gasteiger partial charge is 0.0266 e. The van der Waals surface area contributed by atoms with Crippen LogP contribution in [0.5, 0.6) is 0 Å². The van der Waals surface area contributed by atoms with Crippen LogP contribution in [-0.2, 0) is 0 Å². The van der Waals surface area contributed by atoms with E-state index in [9.17, 15) is 0 Å². The van der Waals surface area contributed by atoms with Crippen molar-refractivity contribution in [2.24, 2.45) is 29.1 Å². The van der Waals surface area contributed by atoms with E-state index in [4.69, 9.17) is 0 Å². The zero-order valence-corrected chi connectivity index (χ0v) is 12.3. The quantitative estimate of drug-likeness (QED) is 0.534. The van der Waals surface area contributed by atoms with Crippen molar-refractivity contribution in [1.82, 2.24) is 0 Å². The summed E-state index contributed by atoms with van der Waals surface area (Å²) >= 11 is 0. The molecule has 0 heterocycles. The summed E-state index contributed by atoms with van der Waals surface area (Å²) in [5, 5.41) is 0. The molecule has 1 fully saturated rings. The highest BCUT2D eigenvalue weighted by Gasteiger charge is 2.53. The fraction of sp³-hybridized carbons (Fsp3) is 1.00. The van der Waals surface area contributed by atoms with E-state index in [1.807, 2.05) is 0 Å². The minimum Gasteiger partial charge on any atom is -0.0654 e. The van der Waals surface area contributed by atoms with Crippen LogP contribution in [0.1, 0.15) is 73.6 Å². The molecule has 0 spiro atoms. The third-order valence-corrected chi connectivity index (χ3v) is 5.63. The monoisotopic (exact) mass is 224 g/mol. The Morgan fingerprint density at radius 2 is 1.81 bits per heavy atom. The van der Waals surface area contributed by atoms with Crippen molar-refractivity contribution in [2.75, 3.05) is 0 Å². The van der Waals surface area contributed by atoms with E-state index in [-0.39, 0.29) is 0 Å². The van der Waals surface area contributed by atoms with E-state index in [0.717, 1.165) is 23.7 Å². The van der Waals surface area contributed by atoms with Gasteiger partial charge in [0.1, 0.15) is 0 Å². The lowest BCUT2D eigenvalue weighted by Crippen LogP contribution is -2.26. The van der Waals surface area contributed by atoms with Crippen LogP contribution in [0.25, 0.3) is 0 Å². The molecule has 1 saturated carbocycles. The van der Waals surface area contributed by atoms with E-state index >= 15 is 0 Å². The van der Waals surface area contributed by atoms with Crippen LogP contribution >= 0.6 is 0 Å². The average Bonchev–Trinajstić information content (AvgIpc) is 2.97. The Morgan fingerprint density at radius 1 is 1.19 bits per heavy atom. The summed E-state index contributed by atoms with van der Waals surface area (Å²) in [4.78, 5) is 0. The first-order valence-corrected chi connectivity index (χ1v) is 7.51. The van der Waals surface area contributed by atoms with E-state index in [1.165, 1.54) is 32.1 Å². The van der Waals surface area contributed by atoms with Gasteiger partial charge < -0.3 is 0 Å². The molecule has 0 aromatic heterocycles. The second kappa shape index (κ2) is 5.56. The predicted octanol–water partition coefficient (Wildman–Crippen LogP) is 5.52. The van der Waals surface area contributed by atoms with Gasteiger partial charge in [0, 0.05) is 0 Å². The molecule has 0 N–H and O–H groups in total. The van der Waals surface area contributed by atoms with Crippen molar-refractivity contribution in [2.45, 2.75) is 73.6 Å². The molecule has 96 valence electrons. The van der Waals surface area contributed by atoms with Gasteiger partial charge in [-0.05, 0) is 35.5 Å². The van der Waals surface area contributed by atoms with Gasteiger partial charge in [-0.15, -0.1) is 0 Å².